The Labute approximate surface area is 175 Å². The molecule has 0 saturated carbocycles. The highest BCUT2D eigenvalue weighted by Gasteiger charge is 2.30. The molecule has 1 fully saturated rings. The van der Waals surface area contributed by atoms with E-state index in [-0.39, 0.29) is 11.9 Å². The Morgan fingerprint density at radius 2 is 2.03 bits per heavy atom. The highest BCUT2D eigenvalue weighted by molar-refractivity contribution is 5.96. The summed E-state index contributed by atoms with van der Waals surface area (Å²) < 4.78 is 0. The van der Waals surface area contributed by atoms with Crippen molar-refractivity contribution in [2.45, 2.75) is 25.4 Å². The first kappa shape index (κ1) is 18.6. The first-order valence-electron chi connectivity index (χ1n) is 10.4. The van der Waals surface area contributed by atoms with E-state index in [2.05, 4.69) is 50.5 Å². The van der Waals surface area contributed by atoms with E-state index in [4.69, 9.17) is 0 Å². The smallest absolute Gasteiger partial charge is 0.241 e. The average Bonchev–Trinajstić information content (AvgIpc) is 3.41. The van der Waals surface area contributed by atoms with Gasteiger partial charge in [0.1, 0.15) is 0 Å². The molecular weight excluding hydrogens is 372 g/mol. The van der Waals surface area contributed by atoms with E-state index >= 15 is 0 Å². The molecule has 5 rings (SSSR count). The highest BCUT2D eigenvalue weighted by atomic mass is 16.2. The summed E-state index contributed by atoms with van der Waals surface area (Å²) in [5.74, 6) is 0.0604. The Balaban J connectivity index is 1.31. The van der Waals surface area contributed by atoms with Crippen LogP contribution in [0.4, 0.5) is 5.69 Å². The zero-order valence-electron chi connectivity index (χ0n) is 16.7. The third-order valence-electron chi connectivity index (χ3n) is 5.75. The van der Waals surface area contributed by atoms with Crippen LogP contribution in [-0.2, 0) is 11.3 Å². The Hall–Kier alpha value is -3.44. The van der Waals surface area contributed by atoms with Crippen LogP contribution in [0.2, 0.25) is 0 Å². The molecule has 0 unspecified atom stereocenters. The van der Waals surface area contributed by atoms with E-state index in [0.29, 0.717) is 0 Å². The van der Waals surface area contributed by atoms with Gasteiger partial charge in [-0.15, -0.1) is 0 Å². The summed E-state index contributed by atoms with van der Waals surface area (Å²) in [5.41, 5.74) is 5.18. The zero-order valence-corrected chi connectivity index (χ0v) is 16.7. The molecule has 0 bridgehead atoms. The van der Waals surface area contributed by atoms with Gasteiger partial charge in [-0.25, -0.2) is 0 Å². The second kappa shape index (κ2) is 8.13. The number of aromatic amines is 1. The molecule has 0 aliphatic carbocycles. The summed E-state index contributed by atoms with van der Waals surface area (Å²) in [5, 5.41) is 4.31. The van der Waals surface area contributed by atoms with Gasteiger partial charge in [0.2, 0.25) is 5.91 Å². The number of aromatic nitrogens is 2. The molecule has 150 valence electrons. The van der Waals surface area contributed by atoms with Gasteiger partial charge in [-0.2, -0.15) is 0 Å². The molecule has 0 radical (unpaired) electrons. The number of H-pyrrole nitrogens is 1. The fourth-order valence-electron chi connectivity index (χ4n) is 4.26. The van der Waals surface area contributed by atoms with Crippen molar-refractivity contribution in [2.75, 3.05) is 11.9 Å². The van der Waals surface area contributed by atoms with Crippen molar-refractivity contribution in [2.24, 2.45) is 0 Å². The molecule has 0 spiro atoms. The summed E-state index contributed by atoms with van der Waals surface area (Å²) >= 11 is 0. The fourth-order valence-corrected chi connectivity index (χ4v) is 4.26. The quantitative estimate of drug-likeness (QED) is 0.508. The van der Waals surface area contributed by atoms with E-state index in [0.717, 1.165) is 54.0 Å². The lowest BCUT2D eigenvalue weighted by Crippen LogP contribution is -2.39. The molecule has 4 aromatic rings. The Bertz CT molecular complexity index is 1130. The Morgan fingerprint density at radius 1 is 1.10 bits per heavy atom. The largest absolute Gasteiger partial charge is 0.355 e. The third-order valence-corrected chi connectivity index (χ3v) is 5.75. The summed E-state index contributed by atoms with van der Waals surface area (Å²) in [4.78, 5) is 22.9. The Morgan fingerprint density at radius 3 is 2.90 bits per heavy atom. The fraction of sp³-hybridized carbons (Fsp3) is 0.200. The van der Waals surface area contributed by atoms with Gasteiger partial charge in [-0.3, -0.25) is 14.7 Å². The van der Waals surface area contributed by atoms with Crippen LogP contribution < -0.4 is 5.32 Å². The number of likely N-dealkylation sites (tertiary alicyclic amines) is 1. The van der Waals surface area contributed by atoms with Crippen molar-refractivity contribution in [3.63, 3.8) is 0 Å². The van der Waals surface area contributed by atoms with Crippen LogP contribution in [0.5, 0.6) is 0 Å². The van der Waals surface area contributed by atoms with Crippen LogP contribution in [0.25, 0.3) is 22.2 Å². The Kier molecular flexibility index (Phi) is 5.03. The average molecular weight is 396 g/mol. The second-order valence-corrected chi connectivity index (χ2v) is 7.83. The maximum absolute atomic E-state index is 13.0. The summed E-state index contributed by atoms with van der Waals surface area (Å²) in [6.45, 7) is 1.68. The molecular formula is C25H24N4O. The van der Waals surface area contributed by atoms with Gasteiger partial charge in [0, 0.05) is 46.8 Å². The number of nitrogens with one attached hydrogen (secondary N) is 2. The topological polar surface area (TPSA) is 61.0 Å². The van der Waals surface area contributed by atoms with Crippen LogP contribution in [0, 0.1) is 0 Å². The SMILES string of the molecule is O=C(Nc1cccc(-c2cc3ccccc3[nH]2)c1)[C@@H]1CCCN1Cc1cccnc1. The minimum Gasteiger partial charge on any atom is -0.355 e. The van der Waals surface area contributed by atoms with Gasteiger partial charge in [-0.05, 0) is 55.3 Å². The van der Waals surface area contributed by atoms with Gasteiger partial charge in [-0.1, -0.05) is 36.4 Å². The number of carbonyl (C=O) groups is 1. The number of anilines is 1. The maximum Gasteiger partial charge on any atom is 0.241 e. The van der Waals surface area contributed by atoms with E-state index < -0.39 is 0 Å². The minimum atomic E-state index is -0.109. The predicted octanol–water partition coefficient (Wildman–Crippen LogP) is 4.83. The number of hydrogen-bond donors (Lipinski definition) is 2. The number of benzene rings is 2. The first-order chi connectivity index (χ1) is 14.8. The summed E-state index contributed by atoms with van der Waals surface area (Å²) in [6, 6.07) is 22.3. The molecule has 1 amide bonds. The lowest BCUT2D eigenvalue weighted by Gasteiger charge is -2.23. The lowest BCUT2D eigenvalue weighted by molar-refractivity contribution is -0.120. The highest BCUT2D eigenvalue weighted by Crippen LogP contribution is 2.27. The normalized spacial score (nSPS) is 16.7. The zero-order chi connectivity index (χ0) is 20.3. The van der Waals surface area contributed by atoms with Gasteiger partial charge >= 0.3 is 0 Å². The molecule has 1 saturated heterocycles. The van der Waals surface area contributed by atoms with Crippen molar-refractivity contribution in [3.05, 3.63) is 84.7 Å². The molecule has 2 N–H and O–H groups in total. The second-order valence-electron chi connectivity index (χ2n) is 7.83. The molecule has 5 nitrogen and oxygen atoms in total. The molecule has 30 heavy (non-hydrogen) atoms. The standard InChI is InChI=1S/C25H24N4O/c30-25(24-11-5-13-29(24)17-18-6-4-12-26-16-18)27-21-9-3-8-19(14-21)23-15-20-7-1-2-10-22(20)28-23/h1-4,6-10,12,14-16,24,28H,5,11,13,17H2,(H,27,30)/t24-/m0/s1. The molecule has 5 heteroatoms. The van der Waals surface area contributed by atoms with Crippen molar-refractivity contribution in [1.29, 1.82) is 0 Å². The summed E-state index contributed by atoms with van der Waals surface area (Å²) in [6.07, 6.45) is 5.57. The van der Waals surface area contributed by atoms with Crippen molar-refractivity contribution in [3.8, 4) is 11.3 Å². The third kappa shape index (κ3) is 3.84. The summed E-state index contributed by atoms with van der Waals surface area (Å²) in [7, 11) is 0. The number of nitrogens with zero attached hydrogens (tertiary/aromatic N) is 2. The van der Waals surface area contributed by atoms with Gasteiger partial charge in [0.15, 0.2) is 0 Å². The van der Waals surface area contributed by atoms with Crippen LogP contribution in [0.1, 0.15) is 18.4 Å². The lowest BCUT2D eigenvalue weighted by atomic mass is 10.1. The van der Waals surface area contributed by atoms with E-state index in [9.17, 15) is 4.79 Å². The number of para-hydroxylation sites is 1. The van der Waals surface area contributed by atoms with Crippen molar-refractivity contribution in [1.82, 2.24) is 14.9 Å². The molecule has 1 aliphatic rings. The van der Waals surface area contributed by atoms with Crippen molar-refractivity contribution >= 4 is 22.5 Å². The molecule has 3 heterocycles. The first-order valence-corrected chi connectivity index (χ1v) is 10.4. The van der Waals surface area contributed by atoms with Gasteiger partial charge in [0.05, 0.1) is 6.04 Å². The number of fused-ring (bicyclic) bond motifs is 1. The number of carbonyl (C=O) groups excluding carboxylic acids is 1. The van der Waals surface area contributed by atoms with Gasteiger partial charge in [0.25, 0.3) is 0 Å². The maximum atomic E-state index is 13.0. The minimum absolute atomic E-state index is 0.0604. The number of hydrogen-bond acceptors (Lipinski definition) is 3. The van der Waals surface area contributed by atoms with Crippen LogP contribution in [0.3, 0.4) is 0 Å². The molecule has 2 aromatic heterocycles. The molecule has 1 aliphatic heterocycles. The number of rotatable bonds is 5. The van der Waals surface area contributed by atoms with Crippen LogP contribution in [-0.4, -0.2) is 33.4 Å². The van der Waals surface area contributed by atoms with Crippen LogP contribution >= 0.6 is 0 Å². The predicted molar refractivity (Wildman–Crippen MR) is 120 cm³/mol. The van der Waals surface area contributed by atoms with Gasteiger partial charge < -0.3 is 10.3 Å². The molecule has 2 aromatic carbocycles. The van der Waals surface area contributed by atoms with E-state index in [1.54, 1.807) is 6.20 Å². The van der Waals surface area contributed by atoms with Crippen LogP contribution in [0.15, 0.2) is 79.1 Å². The number of amides is 1. The monoisotopic (exact) mass is 396 g/mol. The van der Waals surface area contributed by atoms with E-state index in [1.807, 2.05) is 42.6 Å². The number of pyridine rings is 1. The van der Waals surface area contributed by atoms with E-state index in [1.165, 1.54) is 5.39 Å². The molecule has 1 atom stereocenters. The van der Waals surface area contributed by atoms with Crippen molar-refractivity contribution < 1.29 is 4.79 Å².